The van der Waals surface area contributed by atoms with Crippen LogP contribution in [0.5, 0.6) is 0 Å². The third-order valence-corrected chi connectivity index (χ3v) is 5.90. The van der Waals surface area contributed by atoms with E-state index in [0.717, 1.165) is 6.20 Å². The van der Waals surface area contributed by atoms with Gasteiger partial charge in [-0.25, -0.2) is 17.4 Å². The van der Waals surface area contributed by atoms with Crippen LogP contribution in [0, 0.1) is 10.1 Å². The van der Waals surface area contributed by atoms with Gasteiger partial charge in [0.25, 0.3) is 10.0 Å². The molecule has 0 aliphatic carbocycles. The zero-order chi connectivity index (χ0) is 19.0. The van der Waals surface area contributed by atoms with Crippen molar-refractivity contribution in [3.63, 3.8) is 0 Å². The molecule has 0 radical (unpaired) electrons. The van der Waals surface area contributed by atoms with Crippen LogP contribution in [0.4, 0.5) is 0 Å². The first-order valence-corrected chi connectivity index (χ1v) is 9.44. The molecule has 0 saturated heterocycles. The lowest BCUT2D eigenvalue weighted by Crippen LogP contribution is -2.13. The summed E-state index contributed by atoms with van der Waals surface area (Å²) in [7, 11) is -3.86. The lowest BCUT2D eigenvalue weighted by molar-refractivity contribution is -0.400. The first-order chi connectivity index (χ1) is 13.0. The molecule has 0 amide bonds. The standard InChI is InChI=1S/C19H13N3O4S/c23-21(24)12-10-14-8-9-18-17(13-14)16-7-4-11-20-19(16)22(18)27(25,26)15-5-2-1-3-6-15/h1-13H. The Hall–Kier alpha value is -3.52. The molecule has 7 nitrogen and oxygen atoms in total. The van der Waals surface area contributed by atoms with Crippen LogP contribution in [0.3, 0.4) is 0 Å². The molecule has 4 aromatic rings. The van der Waals surface area contributed by atoms with Gasteiger partial charge in [0.05, 0.1) is 15.3 Å². The minimum atomic E-state index is -3.86. The third-order valence-electron chi connectivity index (χ3n) is 4.18. The number of fused-ring (bicyclic) bond motifs is 3. The van der Waals surface area contributed by atoms with Gasteiger partial charge in [0.15, 0.2) is 5.65 Å². The highest BCUT2D eigenvalue weighted by Crippen LogP contribution is 2.32. The molecule has 2 aromatic carbocycles. The lowest BCUT2D eigenvalue weighted by atomic mass is 10.1. The first-order valence-electron chi connectivity index (χ1n) is 8.00. The van der Waals surface area contributed by atoms with Crippen LogP contribution in [0.15, 0.2) is 78.0 Å². The summed E-state index contributed by atoms with van der Waals surface area (Å²) in [6.45, 7) is 0. The van der Waals surface area contributed by atoms with E-state index in [-0.39, 0.29) is 4.90 Å². The minimum absolute atomic E-state index is 0.159. The Bertz CT molecular complexity index is 1310. The summed E-state index contributed by atoms with van der Waals surface area (Å²) < 4.78 is 27.7. The maximum atomic E-state index is 13.2. The Morgan fingerprint density at radius 2 is 1.78 bits per heavy atom. The van der Waals surface area contributed by atoms with Crippen LogP contribution in [0.2, 0.25) is 0 Å². The van der Waals surface area contributed by atoms with E-state index in [4.69, 9.17) is 0 Å². The Balaban J connectivity index is 2.05. The van der Waals surface area contributed by atoms with Gasteiger partial charge in [0.1, 0.15) is 0 Å². The van der Waals surface area contributed by atoms with Gasteiger partial charge in [-0.1, -0.05) is 24.3 Å². The van der Waals surface area contributed by atoms with E-state index in [0.29, 0.717) is 27.5 Å². The Morgan fingerprint density at radius 1 is 1.00 bits per heavy atom. The summed E-state index contributed by atoms with van der Waals surface area (Å²) >= 11 is 0. The van der Waals surface area contributed by atoms with Crippen molar-refractivity contribution in [1.82, 2.24) is 8.96 Å². The van der Waals surface area contributed by atoms with E-state index in [1.165, 1.54) is 28.4 Å². The molecular formula is C19H13N3O4S. The van der Waals surface area contributed by atoms with E-state index in [1.54, 1.807) is 48.5 Å². The summed E-state index contributed by atoms with van der Waals surface area (Å²) in [4.78, 5) is 14.5. The van der Waals surface area contributed by atoms with Crippen molar-refractivity contribution in [2.45, 2.75) is 4.90 Å². The predicted molar refractivity (Wildman–Crippen MR) is 102 cm³/mol. The Labute approximate surface area is 154 Å². The smallest absolute Gasteiger partial charge is 0.259 e. The van der Waals surface area contributed by atoms with Crippen molar-refractivity contribution in [3.05, 3.63) is 88.7 Å². The average Bonchev–Trinajstić information content (AvgIpc) is 3.01. The van der Waals surface area contributed by atoms with Gasteiger partial charge in [0.2, 0.25) is 6.20 Å². The number of benzene rings is 2. The van der Waals surface area contributed by atoms with Crippen molar-refractivity contribution in [2.75, 3.05) is 0 Å². The lowest BCUT2D eigenvalue weighted by Gasteiger charge is -2.08. The molecule has 0 atom stereocenters. The van der Waals surface area contributed by atoms with Crippen LogP contribution in [0.1, 0.15) is 5.56 Å². The second-order valence-corrected chi connectivity index (χ2v) is 7.62. The molecule has 2 heterocycles. The van der Waals surface area contributed by atoms with Gasteiger partial charge >= 0.3 is 0 Å². The van der Waals surface area contributed by atoms with Crippen molar-refractivity contribution < 1.29 is 13.3 Å². The Morgan fingerprint density at radius 3 is 2.52 bits per heavy atom. The topological polar surface area (TPSA) is 95.1 Å². The number of aromatic nitrogens is 2. The predicted octanol–water partition coefficient (Wildman–Crippen LogP) is 3.67. The first kappa shape index (κ1) is 16.9. The molecule has 0 N–H and O–H groups in total. The number of rotatable bonds is 4. The van der Waals surface area contributed by atoms with Crippen molar-refractivity contribution in [1.29, 1.82) is 0 Å². The van der Waals surface area contributed by atoms with E-state index in [9.17, 15) is 18.5 Å². The molecule has 27 heavy (non-hydrogen) atoms. The van der Waals surface area contributed by atoms with Gasteiger partial charge in [-0.2, -0.15) is 0 Å². The van der Waals surface area contributed by atoms with Crippen LogP contribution >= 0.6 is 0 Å². The number of nitrogens with zero attached hydrogens (tertiary/aromatic N) is 3. The minimum Gasteiger partial charge on any atom is -0.259 e. The Kier molecular flexibility index (Phi) is 3.97. The van der Waals surface area contributed by atoms with Crippen molar-refractivity contribution >= 4 is 38.0 Å². The molecule has 0 aliphatic rings. The summed E-state index contributed by atoms with van der Waals surface area (Å²) in [6.07, 6.45) is 3.75. The molecule has 0 bridgehead atoms. The maximum Gasteiger partial charge on any atom is 0.269 e. The van der Waals surface area contributed by atoms with E-state index >= 15 is 0 Å². The monoisotopic (exact) mass is 379 g/mol. The maximum absolute atomic E-state index is 13.2. The molecule has 0 aliphatic heterocycles. The summed E-state index contributed by atoms with van der Waals surface area (Å²) in [6, 6.07) is 16.6. The third kappa shape index (κ3) is 2.85. The summed E-state index contributed by atoms with van der Waals surface area (Å²) in [5.41, 5.74) is 1.37. The normalized spacial score (nSPS) is 12.1. The molecule has 0 spiro atoms. The molecule has 134 valence electrons. The number of pyridine rings is 1. The van der Waals surface area contributed by atoms with Crippen LogP contribution in [0.25, 0.3) is 28.0 Å². The van der Waals surface area contributed by atoms with Crippen molar-refractivity contribution in [2.24, 2.45) is 0 Å². The molecule has 0 fully saturated rings. The molecule has 2 aromatic heterocycles. The van der Waals surface area contributed by atoms with Crippen molar-refractivity contribution in [3.8, 4) is 0 Å². The second kappa shape index (κ2) is 6.33. The highest BCUT2D eigenvalue weighted by atomic mass is 32.2. The largest absolute Gasteiger partial charge is 0.269 e. The number of hydrogen-bond acceptors (Lipinski definition) is 5. The molecule has 0 saturated carbocycles. The fourth-order valence-electron chi connectivity index (χ4n) is 3.02. The van der Waals surface area contributed by atoms with E-state index < -0.39 is 14.9 Å². The number of hydrogen-bond donors (Lipinski definition) is 0. The van der Waals surface area contributed by atoms with Gasteiger partial charge in [-0.05, 0) is 42.0 Å². The van der Waals surface area contributed by atoms with Gasteiger partial charge in [0, 0.05) is 23.0 Å². The van der Waals surface area contributed by atoms with Crippen LogP contribution in [-0.2, 0) is 10.0 Å². The quantitative estimate of drug-likeness (QED) is 0.398. The fraction of sp³-hybridized carbons (Fsp3) is 0. The molecule has 4 rings (SSSR count). The van der Waals surface area contributed by atoms with E-state index in [1.807, 2.05) is 0 Å². The van der Waals surface area contributed by atoms with Gasteiger partial charge in [-0.3, -0.25) is 10.1 Å². The fourth-order valence-corrected chi connectivity index (χ4v) is 4.52. The molecule has 0 unspecified atom stereocenters. The highest BCUT2D eigenvalue weighted by molar-refractivity contribution is 7.90. The van der Waals surface area contributed by atoms with Crippen LogP contribution in [-0.4, -0.2) is 22.3 Å². The van der Waals surface area contributed by atoms with E-state index in [2.05, 4.69) is 4.98 Å². The summed E-state index contributed by atoms with van der Waals surface area (Å²) in [5, 5.41) is 11.9. The zero-order valence-electron chi connectivity index (χ0n) is 13.9. The zero-order valence-corrected chi connectivity index (χ0v) is 14.7. The molecule has 8 heteroatoms. The second-order valence-electron chi connectivity index (χ2n) is 5.83. The number of nitro groups is 1. The van der Waals surface area contributed by atoms with Gasteiger partial charge in [-0.15, -0.1) is 0 Å². The average molecular weight is 379 g/mol. The van der Waals surface area contributed by atoms with Gasteiger partial charge < -0.3 is 0 Å². The molecular weight excluding hydrogens is 366 g/mol. The highest BCUT2D eigenvalue weighted by Gasteiger charge is 2.23. The SMILES string of the molecule is O=[N+]([O-])C=Cc1ccc2c(c1)c1cccnc1n2S(=O)(=O)c1ccccc1. The summed E-state index contributed by atoms with van der Waals surface area (Å²) in [5.74, 6) is 0. The van der Waals surface area contributed by atoms with Crippen LogP contribution < -0.4 is 0 Å².